The first-order chi connectivity index (χ1) is 9.49. The normalized spacial score (nSPS) is 10.2. The fourth-order valence-electron chi connectivity index (χ4n) is 1.72. The number of nitro groups is 1. The number of nitrogens with one attached hydrogen (secondary N) is 1. The van der Waals surface area contributed by atoms with Crippen molar-refractivity contribution < 1.29 is 15.1 Å². The van der Waals surface area contributed by atoms with Gasteiger partial charge in [-0.2, -0.15) is 0 Å². The first kappa shape index (κ1) is 14.1. The molecule has 0 unspecified atom stereocenters. The molecule has 2 rings (SSSR count). The highest BCUT2D eigenvalue weighted by Crippen LogP contribution is 2.31. The van der Waals surface area contributed by atoms with Crippen molar-refractivity contribution in [2.75, 3.05) is 5.32 Å². The van der Waals surface area contributed by atoms with Crippen molar-refractivity contribution >= 4 is 27.3 Å². The number of benzene rings is 2. The zero-order valence-corrected chi connectivity index (χ0v) is 11.8. The molecule has 104 valence electrons. The van der Waals surface area contributed by atoms with E-state index >= 15 is 0 Å². The van der Waals surface area contributed by atoms with Gasteiger partial charge < -0.3 is 15.5 Å². The maximum atomic E-state index is 11.0. The van der Waals surface area contributed by atoms with Gasteiger partial charge in [-0.3, -0.25) is 10.1 Å². The van der Waals surface area contributed by atoms with E-state index in [0.717, 1.165) is 0 Å². The van der Waals surface area contributed by atoms with Gasteiger partial charge in [0, 0.05) is 22.6 Å². The topological polar surface area (TPSA) is 95.6 Å². The molecule has 0 spiro atoms. The Bertz CT molecular complexity index is 661. The van der Waals surface area contributed by atoms with E-state index in [0.29, 0.717) is 15.7 Å². The molecule has 0 aliphatic carbocycles. The number of aromatic hydroxyl groups is 2. The average Bonchev–Trinajstić information content (AvgIpc) is 2.41. The van der Waals surface area contributed by atoms with Gasteiger partial charge in [-0.15, -0.1) is 0 Å². The Morgan fingerprint density at radius 2 is 2.00 bits per heavy atom. The summed E-state index contributed by atoms with van der Waals surface area (Å²) in [6.45, 7) is 0.155. The Morgan fingerprint density at radius 3 is 2.70 bits per heavy atom. The lowest BCUT2D eigenvalue weighted by atomic mass is 10.1. The maximum Gasteiger partial charge on any atom is 0.293 e. The van der Waals surface area contributed by atoms with E-state index in [2.05, 4.69) is 21.2 Å². The van der Waals surface area contributed by atoms with E-state index in [1.54, 1.807) is 24.3 Å². The highest BCUT2D eigenvalue weighted by Gasteiger charge is 2.14. The van der Waals surface area contributed by atoms with Crippen LogP contribution in [0.2, 0.25) is 0 Å². The summed E-state index contributed by atoms with van der Waals surface area (Å²) < 4.78 is 0.606. The van der Waals surface area contributed by atoms with Crippen LogP contribution in [0.3, 0.4) is 0 Å². The van der Waals surface area contributed by atoms with Crippen molar-refractivity contribution in [2.45, 2.75) is 6.54 Å². The summed E-state index contributed by atoms with van der Waals surface area (Å²) in [6.07, 6.45) is 0. The third-order valence-electron chi connectivity index (χ3n) is 2.72. The van der Waals surface area contributed by atoms with Gasteiger partial charge in [0.1, 0.15) is 5.69 Å². The minimum Gasteiger partial charge on any atom is -0.504 e. The molecule has 0 amide bonds. The van der Waals surface area contributed by atoms with E-state index in [1.165, 1.54) is 12.1 Å². The van der Waals surface area contributed by atoms with Crippen molar-refractivity contribution in [3.8, 4) is 11.5 Å². The molecule has 0 aromatic heterocycles. The summed E-state index contributed by atoms with van der Waals surface area (Å²) in [7, 11) is 0. The van der Waals surface area contributed by atoms with E-state index in [-0.39, 0.29) is 23.7 Å². The average molecular weight is 339 g/mol. The van der Waals surface area contributed by atoms with Crippen LogP contribution in [-0.4, -0.2) is 15.1 Å². The van der Waals surface area contributed by atoms with E-state index in [4.69, 9.17) is 0 Å². The smallest absolute Gasteiger partial charge is 0.293 e. The van der Waals surface area contributed by atoms with Crippen molar-refractivity contribution in [1.82, 2.24) is 0 Å². The monoisotopic (exact) mass is 338 g/mol. The van der Waals surface area contributed by atoms with Gasteiger partial charge in [-0.25, -0.2) is 0 Å². The number of phenolic OH excluding ortho intramolecular Hbond substituents is 2. The fraction of sp³-hybridized carbons (Fsp3) is 0.0769. The molecule has 3 N–H and O–H groups in total. The number of hydrogen-bond donors (Lipinski definition) is 3. The summed E-state index contributed by atoms with van der Waals surface area (Å²) in [5.74, 6) is -0.464. The molecule has 0 fully saturated rings. The van der Waals surface area contributed by atoms with Crippen LogP contribution >= 0.6 is 15.9 Å². The molecule has 2 aromatic carbocycles. The number of rotatable bonds is 4. The van der Waals surface area contributed by atoms with Crippen molar-refractivity contribution in [1.29, 1.82) is 0 Å². The summed E-state index contributed by atoms with van der Waals surface area (Å²) >= 11 is 3.18. The number of anilines is 1. The van der Waals surface area contributed by atoms with E-state index in [9.17, 15) is 20.3 Å². The Labute approximate surface area is 123 Å². The molecule has 2 aromatic rings. The van der Waals surface area contributed by atoms with Crippen LogP contribution < -0.4 is 5.32 Å². The largest absolute Gasteiger partial charge is 0.504 e. The molecular formula is C13H11BrN2O4. The predicted octanol–water partition coefficient (Wildman–Crippen LogP) is 3.38. The van der Waals surface area contributed by atoms with Crippen LogP contribution in [0.15, 0.2) is 40.9 Å². The molecule has 0 atom stereocenters. The fourth-order valence-corrected chi connectivity index (χ4v) is 2.07. The quantitative estimate of drug-likeness (QED) is 0.451. The van der Waals surface area contributed by atoms with E-state index in [1.807, 2.05) is 0 Å². The van der Waals surface area contributed by atoms with Crippen LogP contribution in [0, 0.1) is 10.1 Å². The van der Waals surface area contributed by atoms with Crippen molar-refractivity contribution in [3.63, 3.8) is 0 Å². The third kappa shape index (κ3) is 3.00. The molecule has 0 saturated heterocycles. The van der Waals surface area contributed by atoms with Crippen LogP contribution in [0.4, 0.5) is 11.4 Å². The number of halogens is 1. The first-order valence-electron chi connectivity index (χ1n) is 5.66. The van der Waals surface area contributed by atoms with Crippen molar-refractivity contribution in [2.24, 2.45) is 0 Å². The highest BCUT2D eigenvalue weighted by molar-refractivity contribution is 9.10. The number of hydrogen-bond acceptors (Lipinski definition) is 5. The molecule has 0 radical (unpaired) electrons. The number of phenols is 2. The van der Waals surface area contributed by atoms with Gasteiger partial charge in [0.25, 0.3) is 5.69 Å². The Morgan fingerprint density at radius 1 is 1.25 bits per heavy atom. The van der Waals surface area contributed by atoms with Crippen LogP contribution in [-0.2, 0) is 6.54 Å². The molecule has 20 heavy (non-hydrogen) atoms. The predicted molar refractivity (Wildman–Crippen MR) is 77.9 cm³/mol. The van der Waals surface area contributed by atoms with Gasteiger partial charge in [0.05, 0.1) is 4.92 Å². The minimum absolute atomic E-state index is 0.0704. The molecule has 0 bridgehead atoms. The maximum absolute atomic E-state index is 11.0. The second kappa shape index (κ2) is 5.79. The van der Waals surface area contributed by atoms with Crippen LogP contribution in [0.5, 0.6) is 11.5 Å². The lowest BCUT2D eigenvalue weighted by Crippen LogP contribution is -2.03. The standard InChI is InChI=1S/C13H11BrN2O4/c14-9-4-5-10(11(6-9)16(19)20)15-7-8-2-1-3-12(17)13(8)18/h1-6,15,17-18H,7H2. The van der Waals surface area contributed by atoms with Crippen LogP contribution in [0.25, 0.3) is 0 Å². The zero-order valence-electron chi connectivity index (χ0n) is 10.2. The second-order valence-electron chi connectivity index (χ2n) is 4.06. The second-order valence-corrected chi connectivity index (χ2v) is 4.97. The molecule has 0 saturated carbocycles. The SMILES string of the molecule is O=[N+]([O-])c1cc(Br)ccc1NCc1cccc(O)c1O. The first-order valence-corrected chi connectivity index (χ1v) is 6.46. The molecule has 0 heterocycles. The Balaban J connectivity index is 2.23. The minimum atomic E-state index is -0.491. The third-order valence-corrected chi connectivity index (χ3v) is 3.22. The molecule has 6 nitrogen and oxygen atoms in total. The van der Waals surface area contributed by atoms with Crippen LogP contribution in [0.1, 0.15) is 5.56 Å². The Hall–Kier alpha value is -2.28. The molecule has 0 aliphatic rings. The van der Waals surface area contributed by atoms with Crippen molar-refractivity contribution in [3.05, 3.63) is 56.5 Å². The summed E-state index contributed by atoms with van der Waals surface area (Å²) in [5, 5.41) is 32.9. The highest BCUT2D eigenvalue weighted by atomic mass is 79.9. The van der Waals surface area contributed by atoms with Gasteiger partial charge >= 0.3 is 0 Å². The zero-order chi connectivity index (χ0) is 14.7. The molecule has 0 aliphatic heterocycles. The summed E-state index contributed by atoms with van der Waals surface area (Å²) in [4.78, 5) is 10.5. The lowest BCUT2D eigenvalue weighted by Gasteiger charge is -2.09. The summed E-state index contributed by atoms with van der Waals surface area (Å²) in [6, 6.07) is 9.21. The summed E-state index contributed by atoms with van der Waals surface area (Å²) in [5.41, 5.74) is 0.710. The van der Waals surface area contributed by atoms with E-state index < -0.39 is 4.92 Å². The van der Waals surface area contributed by atoms with Gasteiger partial charge in [-0.05, 0) is 18.2 Å². The Kier molecular flexibility index (Phi) is 4.09. The number of nitro benzene ring substituents is 1. The number of nitrogens with zero attached hydrogens (tertiary/aromatic N) is 1. The lowest BCUT2D eigenvalue weighted by molar-refractivity contribution is -0.384. The molecular weight excluding hydrogens is 328 g/mol. The van der Waals surface area contributed by atoms with Gasteiger partial charge in [-0.1, -0.05) is 28.1 Å². The number of para-hydroxylation sites is 1. The van der Waals surface area contributed by atoms with Gasteiger partial charge in [0.2, 0.25) is 0 Å². The molecule has 7 heteroatoms. The van der Waals surface area contributed by atoms with Gasteiger partial charge in [0.15, 0.2) is 11.5 Å².